The number of likely N-dealkylation sites (N-methyl/N-ethyl adjacent to an activating group) is 1. The number of halogens is 1. The van der Waals surface area contributed by atoms with Crippen LogP contribution in [0.3, 0.4) is 0 Å². The molecule has 0 atom stereocenters. The van der Waals surface area contributed by atoms with E-state index in [1.54, 1.807) is 25.3 Å². The summed E-state index contributed by atoms with van der Waals surface area (Å²) < 4.78 is 12.4. The Labute approximate surface area is 76.1 Å². The lowest BCUT2D eigenvalue weighted by molar-refractivity contribution is -0.115. The fraction of sp³-hybridized carbons (Fsp3) is 0.100. The molecule has 2 nitrogen and oxygen atoms in total. The van der Waals surface area contributed by atoms with Gasteiger partial charge in [0.05, 0.1) is 0 Å². The van der Waals surface area contributed by atoms with Gasteiger partial charge in [0.25, 0.3) is 0 Å². The molecule has 1 aromatic rings. The number of carbonyl (C=O) groups excluding carboxylic acids is 1. The summed E-state index contributed by atoms with van der Waals surface area (Å²) in [6.07, 6.45) is 3.02. The summed E-state index contributed by atoms with van der Waals surface area (Å²) in [4.78, 5) is 10.8. The smallest absolute Gasteiger partial charge is 0.243 e. The molecule has 0 aliphatic carbocycles. The van der Waals surface area contributed by atoms with Crippen molar-refractivity contribution in [1.29, 1.82) is 0 Å². The molecule has 1 amide bonds. The minimum Gasteiger partial charge on any atom is -0.356 e. The van der Waals surface area contributed by atoms with Gasteiger partial charge in [-0.05, 0) is 23.8 Å². The molecule has 0 heterocycles. The fourth-order valence-electron chi connectivity index (χ4n) is 0.829. The predicted octanol–water partition coefficient (Wildman–Crippen LogP) is 1.58. The van der Waals surface area contributed by atoms with Crippen LogP contribution in [0.15, 0.2) is 30.3 Å². The molecule has 1 N–H and O–H groups in total. The summed E-state index contributed by atoms with van der Waals surface area (Å²) in [5, 5.41) is 2.45. The Morgan fingerprint density at radius 3 is 2.54 bits per heavy atom. The molecule has 3 heteroatoms. The highest BCUT2D eigenvalue weighted by molar-refractivity contribution is 5.91. The first-order valence-electron chi connectivity index (χ1n) is 3.88. The van der Waals surface area contributed by atoms with Crippen molar-refractivity contribution in [2.24, 2.45) is 0 Å². The van der Waals surface area contributed by atoms with E-state index in [2.05, 4.69) is 5.32 Å². The Balaban J connectivity index is 2.69. The third kappa shape index (κ3) is 3.07. The molecule has 0 bridgehead atoms. The molecule has 0 radical (unpaired) electrons. The quantitative estimate of drug-likeness (QED) is 0.686. The Morgan fingerprint density at radius 2 is 2.00 bits per heavy atom. The number of hydrogen-bond donors (Lipinski definition) is 1. The average Bonchev–Trinajstić information content (AvgIpc) is 2.16. The summed E-state index contributed by atoms with van der Waals surface area (Å²) in [7, 11) is 1.55. The second-order valence-electron chi connectivity index (χ2n) is 2.50. The normalized spacial score (nSPS) is 10.3. The van der Waals surface area contributed by atoms with Gasteiger partial charge in [-0.3, -0.25) is 4.79 Å². The zero-order chi connectivity index (χ0) is 9.68. The van der Waals surface area contributed by atoms with E-state index < -0.39 is 0 Å². The minimum absolute atomic E-state index is 0.177. The second-order valence-corrected chi connectivity index (χ2v) is 2.50. The highest BCUT2D eigenvalue weighted by atomic mass is 19.1. The SMILES string of the molecule is CNC(=O)C=Cc1ccc(F)cc1. The zero-order valence-electron chi connectivity index (χ0n) is 7.25. The molecule has 13 heavy (non-hydrogen) atoms. The van der Waals surface area contributed by atoms with Crippen molar-refractivity contribution in [1.82, 2.24) is 5.32 Å². The number of carbonyl (C=O) groups is 1. The summed E-state index contributed by atoms with van der Waals surface area (Å²) in [6.45, 7) is 0. The summed E-state index contributed by atoms with van der Waals surface area (Å²) >= 11 is 0. The third-order valence-electron chi connectivity index (χ3n) is 1.54. The van der Waals surface area contributed by atoms with Crippen molar-refractivity contribution < 1.29 is 9.18 Å². The minimum atomic E-state index is -0.280. The van der Waals surface area contributed by atoms with Crippen molar-refractivity contribution in [2.45, 2.75) is 0 Å². The van der Waals surface area contributed by atoms with E-state index >= 15 is 0 Å². The highest BCUT2D eigenvalue weighted by Crippen LogP contribution is 2.04. The zero-order valence-corrected chi connectivity index (χ0v) is 7.25. The maximum absolute atomic E-state index is 12.4. The molecular formula is C10H10FNO. The van der Waals surface area contributed by atoms with E-state index in [9.17, 15) is 9.18 Å². The van der Waals surface area contributed by atoms with Crippen molar-refractivity contribution in [2.75, 3.05) is 7.05 Å². The molecule has 68 valence electrons. The summed E-state index contributed by atoms with van der Waals surface area (Å²) in [6, 6.07) is 5.91. The number of amides is 1. The summed E-state index contributed by atoms with van der Waals surface area (Å²) in [5.74, 6) is -0.457. The van der Waals surface area contributed by atoms with Gasteiger partial charge in [-0.1, -0.05) is 12.1 Å². The van der Waals surface area contributed by atoms with Crippen LogP contribution >= 0.6 is 0 Å². The Bertz CT molecular complexity index is 316. The highest BCUT2D eigenvalue weighted by Gasteiger charge is 1.90. The van der Waals surface area contributed by atoms with Gasteiger partial charge in [-0.15, -0.1) is 0 Å². The van der Waals surface area contributed by atoms with Crippen LogP contribution in [0.1, 0.15) is 5.56 Å². The third-order valence-corrected chi connectivity index (χ3v) is 1.54. The molecule has 0 spiro atoms. The van der Waals surface area contributed by atoms with E-state index in [1.807, 2.05) is 0 Å². The largest absolute Gasteiger partial charge is 0.356 e. The molecule has 0 aliphatic rings. The number of rotatable bonds is 2. The Kier molecular flexibility index (Phi) is 3.20. The molecular weight excluding hydrogens is 169 g/mol. The molecule has 0 aliphatic heterocycles. The number of hydrogen-bond acceptors (Lipinski definition) is 1. The van der Waals surface area contributed by atoms with Crippen LogP contribution in [0.4, 0.5) is 4.39 Å². The Morgan fingerprint density at radius 1 is 1.38 bits per heavy atom. The monoisotopic (exact) mass is 179 g/mol. The maximum atomic E-state index is 12.4. The molecule has 1 aromatic carbocycles. The van der Waals surface area contributed by atoms with E-state index in [4.69, 9.17) is 0 Å². The van der Waals surface area contributed by atoms with Crippen LogP contribution in [0, 0.1) is 5.82 Å². The lowest BCUT2D eigenvalue weighted by Gasteiger charge is -1.92. The van der Waals surface area contributed by atoms with E-state index in [0.717, 1.165) is 5.56 Å². The molecule has 0 fully saturated rings. The van der Waals surface area contributed by atoms with Crippen LogP contribution in [0.5, 0.6) is 0 Å². The Hall–Kier alpha value is -1.64. The average molecular weight is 179 g/mol. The van der Waals surface area contributed by atoms with Crippen molar-refractivity contribution in [3.05, 3.63) is 41.7 Å². The van der Waals surface area contributed by atoms with Crippen LogP contribution < -0.4 is 5.32 Å². The molecule has 1 rings (SSSR count). The first kappa shape index (κ1) is 9.45. The second kappa shape index (κ2) is 4.40. The standard InChI is InChI=1S/C10H10FNO/c1-12-10(13)7-4-8-2-5-9(11)6-3-8/h2-7H,1H3,(H,12,13). The van der Waals surface area contributed by atoms with E-state index in [0.29, 0.717) is 0 Å². The molecule has 0 aromatic heterocycles. The van der Waals surface area contributed by atoms with Crippen molar-refractivity contribution >= 4 is 12.0 Å². The van der Waals surface area contributed by atoms with Crippen molar-refractivity contribution in [3.8, 4) is 0 Å². The van der Waals surface area contributed by atoms with Gasteiger partial charge in [0.2, 0.25) is 5.91 Å². The van der Waals surface area contributed by atoms with Crippen LogP contribution in [0.25, 0.3) is 6.08 Å². The number of nitrogens with one attached hydrogen (secondary N) is 1. The molecule has 0 saturated carbocycles. The van der Waals surface area contributed by atoms with Crippen LogP contribution in [-0.4, -0.2) is 13.0 Å². The maximum Gasteiger partial charge on any atom is 0.243 e. The van der Waals surface area contributed by atoms with Crippen LogP contribution in [-0.2, 0) is 4.79 Å². The van der Waals surface area contributed by atoms with Gasteiger partial charge in [0, 0.05) is 13.1 Å². The lowest BCUT2D eigenvalue weighted by atomic mass is 10.2. The summed E-state index contributed by atoms with van der Waals surface area (Å²) in [5.41, 5.74) is 0.796. The van der Waals surface area contributed by atoms with Gasteiger partial charge >= 0.3 is 0 Å². The first-order valence-corrected chi connectivity index (χ1v) is 3.88. The van der Waals surface area contributed by atoms with Crippen molar-refractivity contribution in [3.63, 3.8) is 0 Å². The first-order chi connectivity index (χ1) is 6.22. The topological polar surface area (TPSA) is 29.1 Å². The van der Waals surface area contributed by atoms with Gasteiger partial charge < -0.3 is 5.32 Å². The number of benzene rings is 1. The van der Waals surface area contributed by atoms with Crippen LogP contribution in [0.2, 0.25) is 0 Å². The molecule has 0 unspecified atom stereocenters. The van der Waals surface area contributed by atoms with Gasteiger partial charge in [0.15, 0.2) is 0 Å². The van der Waals surface area contributed by atoms with E-state index in [1.165, 1.54) is 18.2 Å². The molecule has 0 saturated heterocycles. The van der Waals surface area contributed by atoms with Gasteiger partial charge in [-0.25, -0.2) is 4.39 Å². The lowest BCUT2D eigenvalue weighted by Crippen LogP contribution is -2.13. The van der Waals surface area contributed by atoms with Gasteiger partial charge in [-0.2, -0.15) is 0 Å². The van der Waals surface area contributed by atoms with Gasteiger partial charge in [0.1, 0.15) is 5.82 Å². The fourth-order valence-corrected chi connectivity index (χ4v) is 0.829. The van der Waals surface area contributed by atoms with E-state index in [-0.39, 0.29) is 11.7 Å². The predicted molar refractivity (Wildman–Crippen MR) is 49.5 cm³/mol.